The van der Waals surface area contributed by atoms with Crippen LogP contribution in [0.25, 0.3) is 0 Å². The lowest BCUT2D eigenvalue weighted by Crippen LogP contribution is -2.10. The van der Waals surface area contributed by atoms with Crippen LogP contribution in [0.3, 0.4) is 0 Å². The second kappa shape index (κ2) is 4.94. The maximum absolute atomic E-state index is 11.0. The van der Waals surface area contributed by atoms with E-state index in [4.69, 9.17) is 11.6 Å². The molecule has 0 fully saturated rings. The number of aromatic nitrogens is 2. The van der Waals surface area contributed by atoms with Gasteiger partial charge in [-0.05, 0) is 23.8 Å². The highest BCUT2D eigenvalue weighted by atomic mass is 35.5. The lowest BCUT2D eigenvalue weighted by Gasteiger charge is -2.10. The molecular formula is C12H11ClN2O. The molecule has 1 aromatic heterocycles. The van der Waals surface area contributed by atoms with Gasteiger partial charge in [-0.25, -0.2) is 0 Å². The summed E-state index contributed by atoms with van der Waals surface area (Å²) < 4.78 is 1.74. The summed E-state index contributed by atoms with van der Waals surface area (Å²) in [5.41, 5.74) is 0.954. The van der Waals surface area contributed by atoms with Crippen molar-refractivity contribution in [3.63, 3.8) is 0 Å². The normalized spacial score (nSPS) is 12.3. The molecule has 0 N–H and O–H groups in total. The molecule has 2 rings (SSSR count). The SMILES string of the molecule is O=CC(Cn1cccn1)c1ccc(Cl)cc1. The smallest absolute Gasteiger partial charge is 0.129 e. The van der Waals surface area contributed by atoms with Crippen LogP contribution in [0, 0.1) is 0 Å². The molecule has 0 saturated carbocycles. The van der Waals surface area contributed by atoms with Gasteiger partial charge in [0.15, 0.2) is 0 Å². The van der Waals surface area contributed by atoms with Gasteiger partial charge in [0.05, 0.1) is 12.5 Å². The summed E-state index contributed by atoms with van der Waals surface area (Å²) in [6, 6.07) is 9.15. The summed E-state index contributed by atoms with van der Waals surface area (Å²) >= 11 is 5.80. The number of benzene rings is 1. The van der Waals surface area contributed by atoms with Crippen molar-refractivity contribution in [2.45, 2.75) is 12.5 Å². The molecule has 0 spiro atoms. The minimum absolute atomic E-state index is 0.183. The molecule has 0 aliphatic carbocycles. The first-order valence-corrected chi connectivity index (χ1v) is 5.35. The number of carbonyl (C=O) groups is 1. The average molecular weight is 235 g/mol. The fraction of sp³-hybridized carbons (Fsp3) is 0.167. The van der Waals surface area contributed by atoms with E-state index in [1.54, 1.807) is 23.0 Å². The van der Waals surface area contributed by atoms with Crippen LogP contribution in [0.4, 0.5) is 0 Å². The summed E-state index contributed by atoms with van der Waals surface area (Å²) in [6.45, 7) is 0.554. The molecule has 4 heteroatoms. The van der Waals surface area contributed by atoms with Crippen molar-refractivity contribution in [3.05, 3.63) is 53.3 Å². The summed E-state index contributed by atoms with van der Waals surface area (Å²) in [4.78, 5) is 11.0. The minimum atomic E-state index is -0.183. The van der Waals surface area contributed by atoms with Crippen LogP contribution in [0.15, 0.2) is 42.7 Å². The molecule has 0 bridgehead atoms. The first kappa shape index (κ1) is 10.9. The van der Waals surface area contributed by atoms with Crippen LogP contribution in [0.2, 0.25) is 5.02 Å². The molecule has 16 heavy (non-hydrogen) atoms. The average Bonchev–Trinajstić information content (AvgIpc) is 2.80. The summed E-state index contributed by atoms with van der Waals surface area (Å²) in [6.07, 6.45) is 4.47. The Morgan fingerprint density at radius 2 is 2.12 bits per heavy atom. The predicted octanol–water partition coefficient (Wildman–Crippen LogP) is 2.52. The van der Waals surface area contributed by atoms with Crippen molar-refractivity contribution in [1.29, 1.82) is 0 Å². The van der Waals surface area contributed by atoms with Crippen molar-refractivity contribution in [2.24, 2.45) is 0 Å². The maximum atomic E-state index is 11.0. The zero-order chi connectivity index (χ0) is 11.4. The number of aldehydes is 1. The number of rotatable bonds is 4. The third-order valence-electron chi connectivity index (χ3n) is 2.41. The fourth-order valence-electron chi connectivity index (χ4n) is 1.55. The Morgan fingerprint density at radius 1 is 1.38 bits per heavy atom. The molecule has 3 nitrogen and oxygen atoms in total. The Hall–Kier alpha value is -1.61. The van der Waals surface area contributed by atoms with E-state index in [-0.39, 0.29) is 5.92 Å². The van der Waals surface area contributed by atoms with E-state index < -0.39 is 0 Å². The van der Waals surface area contributed by atoms with E-state index in [1.165, 1.54) is 0 Å². The first-order chi connectivity index (χ1) is 7.79. The van der Waals surface area contributed by atoms with Gasteiger partial charge in [-0.15, -0.1) is 0 Å². The molecule has 2 aromatic rings. The van der Waals surface area contributed by atoms with Gasteiger partial charge in [-0.1, -0.05) is 23.7 Å². The number of hydrogen-bond donors (Lipinski definition) is 0. The molecule has 82 valence electrons. The first-order valence-electron chi connectivity index (χ1n) is 4.98. The predicted molar refractivity (Wildman–Crippen MR) is 62.5 cm³/mol. The number of hydrogen-bond acceptors (Lipinski definition) is 2. The van der Waals surface area contributed by atoms with Gasteiger partial charge in [0.1, 0.15) is 6.29 Å². The lowest BCUT2D eigenvalue weighted by molar-refractivity contribution is -0.109. The number of carbonyl (C=O) groups excluding carboxylic acids is 1. The highest BCUT2D eigenvalue weighted by molar-refractivity contribution is 6.30. The zero-order valence-corrected chi connectivity index (χ0v) is 9.34. The lowest BCUT2D eigenvalue weighted by atomic mass is 10.0. The number of nitrogens with zero attached hydrogens (tertiary/aromatic N) is 2. The van der Waals surface area contributed by atoms with Gasteiger partial charge in [0.25, 0.3) is 0 Å². The maximum Gasteiger partial charge on any atom is 0.129 e. The van der Waals surface area contributed by atoms with Gasteiger partial charge < -0.3 is 4.79 Å². The third-order valence-corrected chi connectivity index (χ3v) is 2.66. The van der Waals surface area contributed by atoms with Gasteiger partial charge in [-0.3, -0.25) is 4.68 Å². The van der Waals surface area contributed by atoms with Crippen LogP contribution in [0.1, 0.15) is 11.5 Å². The summed E-state index contributed by atoms with van der Waals surface area (Å²) in [7, 11) is 0. The Labute approximate surface area is 98.7 Å². The molecule has 1 aromatic carbocycles. The highest BCUT2D eigenvalue weighted by Crippen LogP contribution is 2.18. The Bertz CT molecular complexity index is 450. The minimum Gasteiger partial charge on any atom is -0.303 e. The van der Waals surface area contributed by atoms with E-state index in [0.717, 1.165) is 11.8 Å². The fourth-order valence-corrected chi connectivity index (χ4v) is 1.67. The largest absolute Gasteiger partial charge is 0.303 e. The monoisotopic (exact) mass is 234 g/mol. The molecule has 0 aliphatic heterocycles. The van der Waals surface area contributed by atoms with E-state index in [2.05, 4.69) is 5.10 Å². The van der Waals surface area contributed by atoms with Crippen molar-refractivity contribution < 1.29 is 4.79 Å². The van der Waals surface area contributed by atoms with Crippen LogP contribution >= 0.6 is 11.6 Å². The van der Waals surface area contributed by atoms with E-state index in [0.29, 0.717) is 11.6 Å². The van der Waals surface area contributed by atoms with E-state index in [1.807, 2.05) is 24.4 Å². The van der Waals surface area contributed by atoms with E-state index in [9.17, 15) is 4.79 Å². The van der Waals surface area contributed by atoms with Crippen LogP contribution in [0.5, 0.6) is 0 Å². The number of halogens is 1. The molecule has 0 radical (unpaired) electrons. The molecule has 0 saturated heterocycles. The molecular weight excluding hydrogens is 224 g/mol. The molecule has 0 aliphatic rings. The molecule has 1 heterocycles. The van der Waals surface area contributed by atoms with Crippen LogP contribution in [-0.4, -0.2) is 16.1 Å². The van der Waals surface area contributed by atoms with Gasteiger partial charge in [0, 0.05) is 17.4 Å². The van der Waals surface area contributed by atoms with E-state index >= 15 is 0 Å². The van der Waals surface area contributed by atoms with Crippen LogP contribution in [-0.2, 0) is 11.3 Å². The quantitative estimate of drug-likeness (QED) is 0.762. The molecule has 1 unspecified atom stereocenters. The van der Waals surface area contributed by atoms with Gasteiger partial charge in [0.2, 0.25) is 0 Å². The molecule has 1 atom stereocenters. The van der Waals surface area contributed by atoms with Crippen molar-refractivity contribution in [2.75, 3.05) is 0 Å². The highest BCUT2D eigenvalue weighted by Gasteiger charge is 2.11. The van der Waals surface area contributed by atoms with Crippen molar-refractivity contribution in [3.8, 4) is 0 Å². The Kier molecular flexibility index (Phi) is 3.37. The topological polar surface area (TPSA) is 34.9 Å². The Balaban J connectivity index is 2.16. The zero-order valence-electron chi connectivity index (χ0n) is 8.58. The summed E-state index contributed by atoms with van der Waals surface area (Å²) in [5.74, 6) is -0.183. The second-order valence-electron chi connectivity index (χ2n) is 3.52. The molecule has 0 amide bonds. The van der Waals surface area contributed by atoms with Gasteiger partial charge in [-0.2, -0.15) is 5.10 Å². The third kappa shape index (κ3) is 2.49. The van der Waals surface area contributed by atoms with Gasteiger partial charge >= 0.3 is 0 Å². The Morgan fingerprint density at radius 3 is 2.69 bits per heavy atom. The van der Waals surface area contributed by atoms with Crippen LogP contribution < -0.4 is 0 Å². The van der Waals surface area contributed by atoms with Crippen molar-refractivity contribution >= 4 is 17.9 Å². The van der Waals surface area contributed by atoms with Crippen molar-refractivity contribution in [1.82, 2.24) is 9.78 Å². The summed E-state index contributed by atoms with van der Waals surface area (Å²) in [5, 5.41) is 4.75. The standard InChI is InChI=1S/C12H11ClN2O/c13-12-4-2-10(3-5-12)11(9-16)8-15-7-1-6-14-15/h1-7,9,11H,8H2. The second-order valence-corrected chi connectivity index (χ2v) is 3.96.